The molecule has 0 aliphatic heterocycles. The number of hydrogen-bond donors (Lipinski definition) is 2. The van der Waals surface area contributed by atoms with Crippen LogP contribution in [0.5, 0.6) is 0 Å². The maximum absolute atomic E-state index is 9.93. The Kier molecular flexibility index (Phi) is 23.2. The first-order valence-electron chi connectivity index (χ1n) is 18.2. The zero-order valence-electron chi connectivity index (χ0n) is 27.4. The second-order valence-electron chi connectivity index (χ2n) is 14.9. The monoisotopic (exact) mass is 551 g/mol. The number of aliphatic hydroxyl groups excluding tert-OH is 2. The van der Waals surface area contributed by atoms with Crippen LogP contribution in [0.25, 0.3) is 0 Å². The highest BCUT2D eigenvalue weighted by molar-refractivity contribution is 4.88. The summed E-state index contributed by atoms with van der Waals surface area (Å²) in [5.41, 5.74) is 0.0228. The number of hydrogen-bond acceptors (Lipinski definition) is 2. The maximum Gasteiger partial charge on any atom is 0.0512 e. The lowest BCUT2D eigenvalue weighted by Crippen LogP contribution is -2.40. The fraction of sp³-hybridized carbons (Fsp3) is 1.00. The van der Waals surface area contributed by atoms with Crippen LogP contribution in [-0.4, -0.2) is 23.4 Å². The normalized spacial score (nSPS) is 25.0. The highest BCUT2D eigenvalue weighted by Crippen LogP contribution is 2.43. The highest BCUT2D eigenvalue weighted by Gasteiger charge is 2.39. The first-order chi connectivity index (χ1) is 18.9. The van der Waals surface area contributed by atoms with Gasteiger partial charge in [0.25, 0.3) is 0 Å². The topological polar surface area (TPSA) is 40.5 Å². The van der Waals surface area contributed by atoms with E-state index in [1.807, 2.05) is 0 Å². The van der Waals surface area contributed by atoms with Gasteiger partial charge in [-0.2, -0.15) is 0 Å². The third-order valence-electron chi connectivity index (χ3n) is 9.83. The summed E-state index contributed by atoms with van der Waals surface area (Å²) in [6, 6.07) is 0. The number of rotatable bonds is 3. The summed E-state index contributed by atoms with van der Waals surface area (Å²) in [6.07, 6.45) is 40.9. The largest absolute Gasteiger partial charge is 0.396 e. The fourth-order valence-electron chi connectivity index (χ4n) is 7.14. The van der Waals surface area contributed by atoms with Crippen molar-refractivity contribution in [1.29, 1.82) is 0 Å². The molecule has 0 aromatic heterocycles. The standard InChI is InChI=1S/C17H34O2.2C10H20/c1-16(2,3)12-15-10-8-6-4-5-7-9-11-17(15,13-18)14-19;2*1-2-4-6-8-10-9-7-5-3-1/h15,18-19H,4-14H2,1-3H3;2*1-10H2. The summed E-state index contributed by atoms with van der Waals surface area (Å²) >= 11 is 0. The van der Waals surface area contributed by atoms with Gasteiger partial charge in [0.05, 0.1) is 13.2 Å². The molecule has 234 valence electrons. The molecule has 2 N–H and O–H groups in total. The highest BCUT2D eigenvalue weighted by atomic mass is 16.3. The van der Waals surface area contributed by atoms with Crippen molar-refractivity contribution in [2.75, 3.05) is 13.2 Å². The van der Waals surface area contributed by atoms with E-state index in [-0.39, 0.29) is 24.0 Å². The van der Waals surface area contributed by atoms with Crippen molar-refractivity contribution in [3.8, 4) is 0 Å². The predicted octanol–water partition coefficient (Wildman–Crippen LogP) is 11.9. The van der Waals surface area contributed by atoms with Crippen LogP contribution in [0.2, 0.25) is 0 Å². The van der Waals surface area contributed by atoms with Crippen molar-refractivity contribution in [3.63, 3.8) is 0 Å². The summed E-state index contributed by atoms with van der Waals surface area (Å²) in [4.78, 5) is 0. The molecule has 0 amide bonds. The lowest BCUT2D eigenvalue weighted by atomic mass is 9.65. The van der Waals surface area contributed by atoms with Crippen LogP contribution in [-0.2, 0) is 0 Å². The van der Waals surface area contributed by atoms with Gasteiger partial charge < -0.3 is 10.2 Å². The molecule has 2 heteroatoms. The third kappa shape index (κ3) is 20.4. The first kappa shape index (κ1) is 36.9. The molecular weight excluding hydrogens is 476 g/mol. The van der Waals surface area contributed by atoms with Gasteiger partial charge in [-0.25, -0.2) is 0 Å². The molecule has 0 aromatic rings. The minimum atomic E-state index is -0.245. The molecule has 3 rings (SSSR count). The van der Waals surface area contributed by atoms with Crippen LogP contribution >= 0.6 is 0 Å². The van der Waals surface area contributed by atoms with Crippen molar-refractivity contribution < 1.29 is 10.2 Å². The van der Waals surface area contributed by atoms with E-state index >= 15 is 0 Å². The molecule has 3 aliphatic rings. The molecule has 1 atom stereocenters. The van der Waals surface area contributed by atoms with Gasteiger partial charge in [-0.15, -0.1) is 0 Å². The van der Waals surface area contributed by atoms with Gasteiger partial charge in [-0.05, 0) is 30.6 Å². The average Bonchev–Trinajstić information content (AvgIpc) is 2.94. The zero-order chi connectivity index (χ0) is 28.5. The van der Waals surface area contributed by atoms with Gasteiger partial charge in [-0.3, -0.25) is 0 Å². The van der Waals surface area contributed by atoms with E-state index in [0.29, 0.717) is 5.92 Å². The molecule has 39 heavy (non-hydrogen) atoms. The molecule has 0 aromatic carbocycles. The zero-order valence-corrected chi connectivity index (χ0v) is 27.4. The summed E-state index contributed by atoms with van der Waals surface area (Å²) < 4.78 is 0. The van der Waals surface area contributed by atoms with Crippen LogP contribution in [0.4, 0.5) is 0 Å². The quantitative estimate of drug-likeness (QED) is 0.367. The van der Waals surface area contributed by atoms with Gasteiger partial charge in [0.1, 0.15) is 0 Å². The molecule has 0 radical (unpaired) electrons. The molecule has 0 bridgehead atoms. The van der Waals surface area contributed by atoms with Gasteiger partial charge in [-0.1, -0.05) is 188 Å². The Morgan fingerprint density at radius 2 is 0.692 bits per heavy atom. The first-order valence-corrected chi connectivity index (χ1v) is 18.2. The lowest BCUT2D eigenvalue weighted by Gasteiger charge is -2.42. The van der Waals surface area contributed by atoms with E-state index in [2.05, 4.69) is 20.8 Å². The Hall–Kier alpha value is -0.0800. The Morgan fingerprint density at radius 3 is 0.949 bits per heavy atom. The van der Waals surface area contributed by atoms with Gasteiger partial charge in [0, 0.05) is 5.41 Å². The van der Waals surface area contributed by atoms with E-state index in [0.717, 1.165) is 19.3 Å². The maximum atomic E-state index is 9.93. The summed E-state index contributed by atoms with van der Waals surface area (Å²) in [5, 5.41) is 19.9. The molecule has 0 saturated heterocycles. The van der Waals surface area contributed by atoms with E-state index < -0.39 is 0 Å². The van der Waals surface area contributed by atoms with Crippen LogP contribution in [0, 0.1) is 16.7 Å². The Morgan fingerprint density at radius 1 is 0.436 bits per heavy atom. The summed E-state index contributed by atoms with van der Waals surface area (Å²) in [6.45, 7) is 7.09. The average molecular weight is 551 g/mol. The molecule has 0 spiro atoms. The van der Waals surface area contributed by atoms with Gasteiger partial charge >= 0.3 is 0 Å². The summed E-state index contributed by atoms with van der Waals surface area (Å²) in [7, 11) is 0. The SMILES string of the molecule is C1CCCCCCCCC1.C1CCCCCCCCC1.CC(C)(C)CC1CCCCCCCCC1(CO)CO. The van der Waals surface area contributed by atoms with Crippen LogP contribution in [0.3, 0.4) is 0 Å². The lowest BCUT2D eigenvalue weighted by molar-refractivity contribution is -0.0248. The van der Waals surface area contributed by atoms with E-state index in [9.17, 15) is 10.2 Å². The molecule has 1 unspecified atom stereocenters. The Balaban J connectivity index is 0.000000320. The Labute approximate surface area is 246 Å². The molecule has 3 saturated carbocycles. The van der Waals surface area contributed by atoms with E-state index in [1.165, 1.54) is 167 Å². The molecule has 2 nitrogen and oxygen atoms in total. The fourth-order valence-corrected chi connectivity index (χ4v) is 7.14. The van der Waals surface area contributed by atoms with Crippen LogP contribution in [0.1, 0.15) is 207 Å². The minimum absolute atomic E-state index is 0.143. The Bertz CT molecular complexity index is 418. The predicted molar refractivity (Wildman–Crippen MR) is 173 cm³/mol. The van der Waals surface area contributed by atoms with Gasteiger partial charge in [0.2, 0.25) is 0 Å². The molecule has 0 heterocycles. The van der Waals surface area contributed by atoms with Crippen LogP contribution in [0.15, 0.2) is 0 Å². The third-order valence-corrected chi connectivity index (χ3v) is 9.83. The number of aliphatic hydroxyl groups is 2. The minimum Gasteiger partial charge on any atom is -0.396 e. The van der Waals surface area contributed by atoms with Crippen molar-refractivity contribution >= 4 is 0 Å². The molecular formula is C37H74O2. The smallest absolute Gasteiger partial charge is 0.0512 e. The van der Waals surface area contributed by atoms with E-state index in [1.54, 1.807) is 0 Å². The van der Waals surface area contributed by atoms with E-state index in [4.69, 9.17) is 0 Å². The summed E-state index contributed by atoms with van der Waals surface area (Å²) in [5.74, 6) is 0.459. The molecule has 3 fully saturated rings. The second-order valence-corrected chi connectivity index (χ2v) is 14.9. The second kappa shape index (κ2) is 24.5. The van der Waals surface area contributed by atoms with Crippen molar-refractivity contribution in [2.24, 2.45) is 16.7 Å². The van der Waals surface area contributed by atoms with Gasteiger partial charge in [0.15, 0.2) is 0 Å². The van der Waals surface area contributed by atoms with Crippen molar-refractivity contribution in [3.05, 3.63) is 0 Å². The van der Waals surface area contributed by atoms with Crippen LogP contribution < -0.4 is 0 Å². The van der Waals surface area contributed by atoms with Crippen molar-refractivity contribution in [2.45, 2.75) is 207 Å². The molecule has 3 aliphatic carbocycles. The van der Waals surface area contributed by atoms with Crippen molar-refractivity contribution in [1.82, 2.24) is 0 Å².